The van der Waals surface area contributed by atoms with Crippen LogP contribution in [0.25, 0.3) is 0 Å². The summed E-state index contributed by atoms with van der Waals surface area (Å²) in [5, 5.41) is 4.48. The zero-order valence-electron chi connectivity index (χ0n) is 17.9. The van der Waals surface area contributed by atoms with Crippen LogP contribution in [0.3, 0.4) is 0 Å². The molecule has 2 amide bonds. The van der Waals surface area contributed by atoms with E-state index in [1.54, 1.807) is 16.9 Å². The summed E-state index contributed by atoms with van der Waals surface area (Å²) in [5.41, 5.74) is 4.80. The molecular formula is C25H26N4O2. The molecule has 2 aromatic carbocycles. The molecule has 6 heteroatoms. The number of hydrogen-bond donors (Lipinski definition) is 0. The van der Waals surface area contributed by atoms with E-state index in [0.717, 1.165) is 24.2 Å². The van der Waals surface area contributed by atoms with Crippen LogP contribution in [0.4, 0.5) is 11.4 Å². The number of carbonyl (C=O) groups is 2. The van der Waals surface area contributed by atoms with E-state index in [1.165, 1.54) is 11.1 Å². The van der Waals surface area contributed by atoms with Crippen molar-refractivity contribution in [2.24, 2.45) is 0 Å². The summed E-state index contributed by atoms with van der Waals surface area (Å²) in [5.74, 6) is -0.00691. The monoisotopic (exact) mass is 414 g/mol. The van der Waals surface area contributed by atoms with Gasteiger partial charge in [-0.1, -0.05) is 36.4 Å². The molecule has 0 fully saturated rings. The second-order valence-corrected chi connectivity index (χ2v) is 8.52. The maximum Gasteiger partial charge on any atom is 0.279 e. The minimum Gasteiger partial charge on any atom is -0.309 e. The number of rotatable bonds is 4. The van der Waals surface area contributed by atoms with Gasteiger partial charge in [0.25, 0.3) is 5.91 Å². The molecule has 0 aliphatic carbocycles. The molecule has 0 saturated carbocycles. The lowest BCUT2D eigenvalue weighted by atomic mass is 10.1. The molecule has 158 valence electrons. The molecule has 5 rings (SSSR count). The minimum atomic E-state index is -0.0929. The lowest BCUT2D eigenvalue weighted by Crippen LogP contribution is -2.36. The van der Waals surface area contributed by atoms with Crippen molar-refractivity contribution in [3.05, 3.63) is 77.6 Å². The van der Waals surface area contributed by atoms with Crippen molar-refractivity contribution in [1.29, 1.82) is 0 Å². The summed E-state index contributed by atoms with van der Waals surface area (Å²) in [6.07, 6.45) is 3.87. The highest BCUT2D eigenvalue weighted by Gasteiger charge is 2.33. The van der Waals surface area contributed by atoms with Crippen LogP contribution in [0, 0.1) is 0 Å². The first kappa shape index (κ1) is 19.5. The van der Waals surface area contributed by atoms with E-state index in [9.17, 15) is 9.59 Å². The average molecular weight is 415 g/mol. The van der Waals surface area contributed by atoms with Crippen molar-refractivity contribution in [1.82, 2.24) is 9.78 Å². The van der Waals surface area contributed by atoms with Crippen molar-refractivity contribution < 1.29 is 9.59 Å². The lowest BCUT2D eigenvalue weighted by Gasteiger charge is -2.23. The third-order valence-corrected chi connectivity index (χ3v) is 6.32. The van der Waals surface area contributed by atoms with E-state index in [4.69, 9.17) is 0 Å². The molecule has 2 atom stereocenters. The van der Waals surface area contributed by atoms with Crippen LogP contribution >= 0.6 is 0 Å². The first-order chi connectivity index (χ1) is 15.0. The maximum absolute atomic E-state index is 13.1. The number of aryl methyl sites for hydroxylation is 1. The van der Waals surface area contributed by atoms with E-state index in [0.29, 0.717) is 18.7 Å². The molecular weight excluding hydrogens is 388 g/mol. The molecule has 0 unspecified atom stereocenters. The Morgan fingerprint density at radius 2 is 1.45 bits per heavy atom. The number of fused-ring (bicyclic) bond motifs is 2. The van der Waals surface area contributed by atoms with Gasteiger partial charge in [0.2, 0.25) is 5.91 Å². The molecule has 1 aromatic heterocycles. The number of benzene rings is 2. The fourth-order valence-corrected chi connectivity index (χ4v) is 4.87. The van der Waals surface area contributed by atoms with E-state index < -0.39 is 0 Å². The molecule has 0 N–H and O–H groups in total. The number of anilines is 2. The fourth-order valence-electron chi connectivity index (χ4n) is 4.87. The second-order valence-electron chi connectivity index (χ2n) is 8.52. The van der Waals surface area contributed by atoms with Crippen LogP contribution < -0.4 is 9.80 Å². The Bertz CT molecular complexity index is 1150. The average Bonchev–Trinajstić information content (AvgIpc) is 3.45. The summed E-state index contributed by atoms with van der Waals surface area (Å²) < 4.78 is 1.70. The maximum atomic E-state index is 13.1. The van der Waals surface area contributed by atoms with Crippen LogP contribution in [0.5, 0.6) is 0 Å². The Kier molecular flexibility index (Phi) is 4.85. The number of para-hydroxylation sites is 2. The van der Waals surface area contributed by atoms with Crippen molar-refractivity contribution in [3.8, 4) is 0 Å². The van der Waals surface area contributed by atoms with Gasteiger partial charge in [0.1, 0.15) is 0 Å². The van der Waals surface area contributed by atoms with Gasteiger partial charge in [-0.3, -0.25) is 14.3 Å². The highest BCUT2D eigenvalue weighted by atomic mass is 16.2. The van der Waals surface area contributed by atoms with E-state index in [-0.39, 0.29) is 23.9 Å². The van der Waals surface area contributed by atoms with Gasteiger partial charge in [-0.25, -0.2) is 0 Å². The van der Waals surface area contributed by atoms with Gasteiger partial charge >= 0.3 is 0 Å². The molecule has 6 nitrogen and oxygen atoms in total. The van der Waals surface area contributed by atoms with Crippen LogP contribution in [-0.4, -0.2) is 33.7 Å². The highest BCUT2D eigenvalue weighted by Crippen LogP contribution is 2.33. The second kappa shape index (κ2) is 7.69. The van der Waals surface area contributed by atoms with Crippen molar-refractivity contribution in [2.75, 3.05) is 9.80 Å². The number of aromatic nitrogens is 2. The molecule has 0 spiro atoms. The van der Waals surface area contributed by atoms with Gasteiger partial charge in [-0.15, -0.1) is 0 Å². The smallest absolute Gasteiger partial charge is 0.279 e. The number of carbonyl (C=O) groups excluding carboxylic acids is 2. The number of nitrogens with zero attached hydrogens (tertiary/aromatic N) is 4. The Morgan fingerprint density at radius 1 is 0.871 bits per heavy atom. The Hall–Kier alpha value is -3.41. The number of hydrogen-bond acceptors (Lipinski definition) is 3. The molecule has 3 heterocycles. The summed E-state index contributed by atoms with van der Waals surface area (Å²) >= 11 is 0. The normalized spacial score (nSPS) is 19.4. The zero-order valence-corrected chi connectivity index (χ0v) is 17.9. The quantitative estimate of drug-likeness (QED) is 0.652. The summed E-state index contributed by atoms with van der Waals surface area (Å²) in [4.78, 5) is 29.8. The molecule has 31 heavy (non-hydrogen) atoms. The first-order valence-corrected chi connectivity index (χ1v) is 10.9. The molecule has 0 saturated heterocycles. The molecule has 0 bridgehead atoms. The first-order valence-electron chi connectivity index (χ1n) is 10.9. The van der Waals surface area contributed by atoms with Crippen LogP contribution in [0.15, 0.2) is 60.8 Å². The Morgan fingerprint density at radius 3 is 2.13 bits per heavy atom. The van der Waals surface area contributed by atoms with Crippen LogP contribution in [-0.2, 0) is 24.2 Å². The third-order valence-electron chi connectivity index (χ3n) is 6.32. The number of amides is 2. The third kappa shape index (κ3) is 3.42. The lowest BCUT2D eigenvalue weighted by molar-refractivity contribution is -0.119. The molecule has 2 aliphatic heterocycles. The molecule has 3 aromatic rings. The van der Waals surface area contributed by atoms with Crippen molar-refractivity contribution in [3.63, 3.8) is 0 Å². The van der Waals surface area contributed by atoms with Gasteiger partial charge < -0.3 is 9.80 Å². The Balaban J connectivity index is 1.27. The zero-order chi connectivity index (χ0) is 21.5. The Labute approximate surface area is 182 Å². The SMILES string of the molecule is C[C@H]1Cc2ccccc2N1C(=O)CCn1ccc(C(=O)N2c3ccccc3C[C@@H]2C)n1. The topological polar surface area (TPSA) is 58.4 Å². The van der Waals surface area contributed by atoms with E-state index >= 15 is 0 Å². The predicted molar refractivity (Wildman–Crippen MR) is 120 cm³/mol. The van der Waals surface area contributed by atoms with Crippen molar-refractivity contribution in [2.45, 2.75) is 51.7 Å². The predicted octanol–water partition coefficient (Wildman–Crippen LogP) is 3.84. The largest absolute Gasteiger partial charge is 0.309 e. The van der Waals surface area contributed by atoms with Gasteiger partial charge in [0.05, 0.1) is 0 Å². The summed E-state index contributed by atoms with van der Waals surface area (Å²) in [7, 11) is 0. The minimum absolute atomic E-state index is 0.0860. The van der Waals surface area contributed by atoms with Gasteiger partial charge in [-0.05, 0) is 56.0 Å². The molecule has 0 radical (unpaired) electrons. The summed E-state index contributed by atoms with van der Waals surface area (Å²) in [6.45, 7) is 4.59. The van der Waals surface area contributed by atoms with E-state index in [1.807, 2.05) is 46.2 Å². The van der Waals surface area contributed by atoms with Crippen LogP contribution in [0.2, 0.25) is 0 Å². The highest BCUT2D eigenvalue weighted by molar-refractivity contribution is 6.06. The van der Waals surface area contributed by atoms with Crippen molar-refractivity contribution >= 4 is 23.2 Å². The van der Waals surface area contributed by atoms with Gasteiger partial charge in [0.15, 0.2) is 5.69 Å². The summed E-state index contributed by atoms with van der Waals surface area (Å²) in [6, 6.07) is 18.1. The van der Waals surface area contributed by atoms with Gasteiger partial charge in [0, 0.05) is 42.6 Å². The fraction of sp³-hybridized carbons (Fsp3) is 0.320. The standard InChI is InChI=1S/C25H26N4O2/c1-17-15-19-7-3-5-9-22(19)28(17)24(30)12-14-27-13-11-21(26-27)25(31)29-18(2)16-20-8-4-6-10-23(20)29/h3-11,13,17-18H,12,14-16H2,1-2H3/t17-,18-/m0/s1. The molecule has 2 aliphatic rings. The van der Waals surface area contributed by atoms with Gasteiger partial charge in [-0.2, -0.15) is 5.10 Å². The van der Waals surface area contributed by atoms with Crippen LogP contribution in [0.1, 0.15) is 41.9 Å². The van der Waals surface area contributed by atoms with E-state index in [2.05, 4.69) is 31.1 Å².